The average Bonchev–Trinajstić information content (AvgIpc) is 3.08. The van der Waals surface area contributed by atoms with Gasteiger partial charge in [-0.3, -0.25) is 4.79 Å². The molecule has 2 rings (SSSR count). The van der Waals surface area contributed by atoms with E-state index >= 15 is 0 Å². The Labute approximate surface area is 101 Å². The SMILES string of the molecule is CCc1cc(C2(CC(=O)O)CC2)ccc1OC. The van der Waals surface area contributed by atoms with Gasteiger partial charge in [0.05, 0.1) is 13.5 Å². The van der Waals surface area contributed by atoms with Gasteiger partial charge in [-0.25, -0.2) is 0 Å². The zero-order valence-corrected chi connectivity index (χ0v) is 10.3. The summed E-state index contributed by atoms with van der Waals surface area (Å²) in [4.78, 5) is 10.9. The highest BCUT2D eigenvalue weighted by molar-refractivity contribution is 5.70. The van der Waals surface area contributed by atoms with Gasteiger partial charge < -0.3 is 9.84 Å². The zero-order valence-electron chi connectivity index (χ0n) is 10.3. The maximum Gasteiger partial charge on any atom is 0.304 e. The first kappa shape index (κ1) is 12.0. The quantitative estimate of drug-likeness (QED) is 0.852. The summed E-state index contributed by atoms with van der Waals surface area (Å²) < 4.78 is 5.29. The van der Waals surface area contributed by atoms with Gasteiger partial charge in [-0.05, 0) is 36.5 Å². The van der Waals surface area contributed by atoms with E-state index in [0.29, 0.717) is 0 Å². The van der Waals surface area contributed by atoms with Crippen molar-refractivity contribution in [1.29, 1.82) is 0 Å². The zero-order chi connectivity index (χ0) is 12.5. The molecule has 3 nitrogen and oxygen atoms in total. The molecule has 0 spiro atoms. The lowest BCUT2D eigenvalue weighted by atomic mass is 9.90. The van der Waals surface area contributed by atoms with Crippen LogP contribution in [0.15, 0.2) is 18.2 Å². The van der Waals surface area contributed by atoms with Gasteiger partial charge in [0.25, 0.3) is 0 Å². The van der Waals surface area contributed by atoms with E-state index in [-0.39, 0.29) is 11.8 Å². The number of carboxylic acid groups (broad SMARTS) is 1. The van der Waals surface area contributed by atoms with Crippen molar-refractivity contribution in [2.45, 2.75) is 38.0 Å². The van der Waals surface area contributed by atoms with E-state index in [1.165, 1.54) is 0 Å². The molecule has 0 atom stereocenters. The molecule has 1 aliphatic rings. The fourth-order valence-corrected chi connectivity index (χ4v) is 2.39. The Kier molecular flexibility index (Phi) is 3.09. The molecule has 0 amide bonds. The minimum atomic E-state index is -0.712. The van der Waals surface area contributed by atoms with Crippen LogP contribution < -0.4 is 4.74 Å². The van der Waals surface area contributed by atoms with Gasteiger partial charge in [0, 0.05) is 5.41 Å². The molecule has 17 heavy (non-hydrogen) atoms. The molecular formula is C14H18O3. The number of carboxylic acids is 1. The van der Waals surface area contributed by atoms with Gasteiger partial charge >= 0.3 is 5.97 Å². The third kappa shape index (κ3) is 2.28. The van der Waals surface area contributed by atoms with E-state index in [1.807, 2.05) is 12.1 Å². The van der Waals surface area contributed by atoms with Crippen molar-refractivity contribution in [2.75, 3.05) is 7.11 Å². The number of hydrogen-bond donors (Lipinski definition) is 1. The summed E-state index contributed by atoms with van der Waals surface area (Å²) in [6.07, 6.45) is 3.10. The molecule has 0 bridgehead atoms. The topological polar surface area (TPSA) is 46.5 Å². The van der Waals surface area contributed by atoms with Gasteiger partial charge in [0.1, 0.15) is 5.75 Å². The van der Waals surface area contributed by atoms with E-state index in [0.717, 1.165) is 36.1 Å². The summed E-state index contributed by atoms with van der Waals surface area (Å²) in [5.74, 6) is 0.179. The Hall–Kier alpha value is -1.51. The van der Waals surface area contributed by atoms with Crippen LogP contribution in [0.1, 0.15) is 37.3 Å². The second-order valence-electron chi connectivity index (χ2n) is 4.73. The molecule has 1 N–H and O–H groups in total. The lowest BCUT2D eigenvalue weighted by molar-refractivity contribution is -0.137. The first-order chi connectivity index (χ1) is 8.11. The predicted molar refractivity (Wildman–Crippen MR) is 65.5 cm³/mol. The molecule has 1 saturated carbocycles. The third-order valence-corrected chi connectivity index (χ3v) is 3.62. The number of aliphatic carboxylic acids is 1. The van der Waals surface area contributed by atoms with Crippen LogP contribution in [0.3, 0.4) is 0 Å². The van der Waals surface area contributed by atoms with E-state index in [1.54, 1.807) is 7.11 Å². The largest absolute Gasteiger partial charge is 0.496 e. The summed E-state index contributed by atoms with van der Waals surface area (Å²) >= 11 is 0. The highest BCUT2D eigenvalue weighted by atomic mass is 16.5. The van der Waals surface area contributed by atoms with Gasteiger partial charge in [-0.15, -0.1) is 0 Å². The van der Waals surface area contributed by atoms with Crippen molar-refractivity contribution < 1.29 is 14.6 Å². The number of methoxy groups -OCH3 is 1. The number of hydrogen-bond acceptors (Lipinski definition) is 2. The molecule has 0 unspecified atom stereocenters. The van der Waals surface area contributed by atoms with Gasteiger partial charge in [0.2, 0.25) is 0 Å². The van der Waals surface area contributed by atoms with Crippen molar-refractivity contribution in [2.24, 2.45) is 0 Å². The van der Waals surface area contributed by atoms with E-state index in [2.05, 4.69) is 13.0 Å². The lowest BCUT2D eigenvalue weighted by Gasteiger charge is -2.16. The fraction of sp³-hybridized carbons (Fsp3) is 0.500. The van der Waals surface area contributed by atoms with E-state index in [4.69, 9.17) is 9.84 Å². The minimum absolute atomic E-state index is 0.109. The van der Waals surface area contributed by atoms with E-state index < -0.39 is 5.97 Å². The Balaban J connectivity index is 2.30. The number of aryl methyl sites for hydroxylation is 1. The van der Waals surface area contributed by atoms with Gasteiger partial charge in [-0.1, -0.05) is 19.1 Å². The molecule has 92 valence electrons. The lowest BCUT2D eigenvalue weighted by Crippen LogP contribution is -2.13. The number of ether oxygens (including phenoxy) is 1. The van der Waals surface area contributed by atoms with Crippen LogP contribution in [-0.4, -0.2) is 18.2 Å². The Morgan fingerprint density at radius 3 is 2.65 bits per heavy atom. The molecule has 0 aromatic heterocycles. The normalized spacial score (nSPS) is 16.6. The molecule has 3 heteroatoms. The number of carbonyl (C=O) groups is 1. The average molecular weight is 234 g/mol. The molecule has 0 saturated heterocycles. The second-order valence-corrected chi connectivity index (χ2v) is 4.73. The van der Waals surface area contributed by atoms with Crippen LogP contribution in [0.2, 0.25) is 0 Å². The first-order valence-electron chi connectivity index (χ1n) is 6.00. The smallest absolute Gasteiger partial charge is 0.304 e. The molecule has 1 aliphatic carbocycles. The van der Waals surface area contributed by atoms with Crippen molar-refractivity contribution in [1.82, 2.24) is 0 Å². The summed E-state index contributed by atoms with van der Waals surface area (Å²) in [5, 5.41) is 8.95. The molecular weight excluding hydrogens is 216 g/mol. The van der Waals surface area contributed by atoms with Crippen molar-refractivity contribution in [3.05, 3.63) is 29.3 Å². The first-order valence-corrected chi connectivity index (χ1v) is 6.00. The minimum Gasteiger partial charge on any atom is -0.496 e. The summed E-state index contributed by atoms with van der Waals surface area (Å²) in [6, 6.07) is 6.07. The molecule has 0 aliphatic heterocycles. The van der Waals surface area contributed by atoms with Gasteiger partial charge in [0.15, 0.2) is 0 Å². The summed E-state index contributed by atoms with van der Waals surface area (Å²) in [6.45, 7) is 2.08. The van der Waals surface area contributed by atoms with Crippen LogP contribution in [0, 0.1) is 0 Å². The number of benzene rings is 1. The van der Waals surface area contributed by atoms with Crippen molar-refractivity contribution in [3.8, 4) is 5.75 Å². The third-order valence-electron chi connectivity index (χ3n) is 3.62. The van der Waals surface area contributed by atoms with Crippen molar-refractivity contribution >= 4 is 5.97 Å². The molecule has 1 aromatic rings. The molecule has 0 heterocycles. The Morgan fingerprint density at radius 1 is 1.47 bits per heavy atom. The highest BCUT2D eigenvalue weighted by Crippen LogP contribution is 2.51. The molecule has 1 fully saturated rings. The standard InChI is InChI=1S/C14H18O3/c1-3-10-8-11(4-5-12(10)17-2)14(6-7-14)9-13(15)16/h4-5,8H,3,6-7,9H2,1-2H3,(H,15,16). The monoisotopic (exact) mass is 234 g/mol. The number of rotatable bonds is 5. The summed E-state index contributed by atoms with van der Waals surface area (Å²) in [5.41, 5.74) is 2.20. The van der Waals surface area contributed by atoms with Crippen LogP contribution in [0.25, 0.3) is 0 Å². The van der Waals surface area contributed by atoms with E-state index in [9.17, 15) is 4.79 Å². The fourth-order valence-electron chi connectivity index (χ4n) is 2.39. The van der Waals surface area contributed by atoms with Crippen molar-refractivity contribution in [3.63, 3.8) is 0 Å². The molecule has 0 radical (unpaired) electrons. The maximum absolute atomic E-state index is 10.9. The van der Waals surface area contributed by atoms with Crippen LogP contribution in [-0.2, 0) is 16.6 Å². The molecule has 1 aromatic carbocycles. The Morgan fingerprint density at radius 2 is 2.18 bits per heavy atom. The van der Waals surface area contributed by atoms with Gasteiger partial charge in [-0.2, -0.15) is 0 Å². The highest BCUT2D eigenvalue weighted by Gasteiger charge is 2.46. The van der Waals surface area contributed by atoms with Crippen LogP contribution >= 0.6 is 0 Å². The summed E-state index contributed by atoms with van der Waals surface area (Å²) in [7, 11) is 1.66. The maximum atomic E-state index is 10.9. The second kappa shape index (κ2) is 4.40. The van der Waals surface area contributed by atoms with Crippen LogP contribution in [0.4, 0.5) is 0 Å². The Bertz CT molecular complexity index is 433. The predicted octanol–water partition coefficient (Wildman–Crippen LogP) is 2.76. The van der Waals surface area contributed by atoms with Crippen LogP contribution in [0.5, 0.6) is 5.75 Å².